The number of H-pyrrole nitrogens is 1. The van der Waals surface area contributed by atoms with Crippen LogP contribution in [0.4, 0.5) is 0 Å². The Labute approximate surface area is 119 Å². The molecular weight excluding hydrogens is 250 g/mol. The molecule has 0 saturated carbocycles. The van der Waals surface area contributed by atoms with Crippen molar-refractivity contribution in [2.45, 2.75) is 19.4 Å². The summed E-state index contributed by atoms with van der Waals surface area (Å²) >= 11 is 0. The van der Waals surface area contributed by atoms with E-state index < -0.39 is 0 Å². The molecule has 2 aromatic rings. The predicted octanol–water partition coefficient (Wildman–Crippen LogP) is 2.59. The van der Waals surface area contributed by atoms with Gasteiger partial charge in [0.2, 0.25) is 0 Å². The standard InChI is InChI=1S/C16H21N3O/c1-3-15(16-5-8-18-19-16)4-2-13(1)11-17-12-14-6-9-20-10-7-14/h1-5,8,14,17H,6-7,9-12H2,(H,18,19). The number of rotatable bonds is 5. The summed E-state index contributed by atoms with van der Waals surface area (Å²) in [5.41, 5.74) is 3.56. The second-order valence-electron chi connectivity index (χ2n) is 5.35. The smallest absolute Gasteiger partial charge is 0.0650 e. The maximum Gasteiger partial charge on any atom is 0.0650 e. The molecule has 1 aromatic heterocycles. The highest BCUT2D eigenvalue weighted by Gasteiger charge is 2.12. The molecule has 0 bridgehead atoms. The first-order valence-corrected chi connectivity index (χ1v) is 7.29. The zero-order chi connectivity index (χ0) is 13.6. The van der Waals surface area contributed by atoms with Gasteiger partial charge in [0.1, 0.15) is 0 Å². The van der Waals surface area contributed by atoms with E-state index in [1.165, 1.54) is 24.0 Å². The zero-order valence-corrected chi connectivity index (χ0v) is 11.6. The van der Waals surface area contributed by atoms with Crippen LogP contribution in [0.25, 0.3) is 11.3 Å². The molecule has 1 fully saturated rings. The molecule has 0 radical (unpaired) electrons. The molecule has 0 atom stereocenters. The average Bonchev–Trinajstić information content (AvgIpc) is 3.03. The van der Waals surface area contributed by atoms with Gasteiger partial charge in [-0.2, -0.15) is 5.10 Å². The van der Waals surface area contributed by atoms with E-state index in [0.29, 0.717) is 0 Å². The molecule has 106 valence electrons. The number of aromatic nitrogens is 2. The Hall–Kier alpha value is -1.65. The van der Waals surface area contributed by atoms with E-state index >= 15 is 0 Å². The van der Waals surface area contributed by atoms with Crippen molar-refractivity contribution < 1.29 is 4.74 Å². The fraction of sp³-hybridized carbons (Fsp3) is 0.438. The van der Waals surface area contributed by atoms with Gasteiger partial charge in [-0.3, -0.25) is 5.10 Å². The molecule has 0 aliphatic carbocycles. The first-order chi connectivity index (χ1) is 9.92. The molecule has 1 aliphatic rings. The molecule has 2 N–H and O–H groups in total. The van der Waals surface area contributed by atoms with Crippen molar-refractivity contribution in [3.05, 3.63) is 42.1 Å². The summed E-state index contributed by atoms with van der Waals surface area (Å²) in [6, 6.07) is 10.6. The molecule has 1 aliphatic heterocycles. The average molecular weight is 271 g/mol. The largest absolute Gasteiger partial charge is 0.381 e. The van der Waals surface area contributed by atoms with Crippen molar-refractivity contribution in [2.75, 3.05) is 19.8 Å². The summed E-state index contributed by atoms with van der Waals surface area (Å²) < 4.78 is 5.38. The Bertz CT molecular complexity index is 501. The summed E-state index contributed by atoms with van der Waals surface area (Å²) in [6.07, 6.45) is 4.15. The minimum Gasteiger partial charge on any atom is -0.381 e. The Morgan fingerprint density at radius 3 is 2.65 bits per heavy atom. The van der Waals surface area contributed by atoms with Crippen LogP contribution in [0.3, 0.4) is 0 Å². The molecule has 0 spiro atoms. The summed E-state index contributed by atoms with van der Waals surface area (Å²) in [5.74, 6) is 0.771. The minimum atomic E-state index is 0.771. The molecule has 2 heterocycles. The summed E-state index contributed by atoms with van der Waals surface area (Å²) in [6.45, 7) is 3.86. The molecule has 20 heavy (non-hydrogen) atoms. The third-order valence-electron chi connectivity index (χ3n) is 3.87. The maximum atomic E-state index is 5.38. The maximum absolute atomic E-state index is 5.38. The minimum absolute atomic E-state index is 0.771. The highest BCUT2D eigenvalue weighted by Crippen LogP contribution is 2.17. The quantitative estimate of drug-likeness (QED) is 0.879. The lowest BCUT2D eigenvalue weighted by Crippen LogP contribution is -2.27. The summed E-state index contributed by atoms with van der Waals surface area (Å²) in [7, 11) is 0. The van der Waals surface area contributed by atoms with Gasteiger partial charge in [0.05, 0.1) is 5.69 Å². The van der Waals surface area contributed by atoms with Crippen LogP contribution >= 0.6 is 0 Å². The molecule has 3 rings (SSSR count). The molecular formula is C16H21N3O. The predicted molar refractivity (Wildman–Crippen MR) is 79.3 cm³/mol. The van der Waals surface area contributed by atoms with Crippen molar-refractivity contribution in [1.82, 2.24) is 15.5 Å². The highest BCUT2D eigenvalue weighted by atomic mass is 16.5. The van der Waals surface area contributed by atoms with Crippen molar-refractivity contribution in [2.24, 2.45) is 5.92 Å². The number of benzene rings is 1. The second kappa shape index (κ2) is 6.68. The zero-order valence-electron chi connectivity index (χ0n) is 11.6. The van der Waals surface area contributed by atoms with Crippen molar-refractivity contribution in [3.63, 3.8) is 0 Å². The Balaban J connectivity index is 1.48. The van der Waals surface area contributed by atoms with Crippen LogP contribution in [-0.4, -0.2) is 30.0 Å². The van der Waals surface area contributed by atoms with Crippen LogP contribution in [-0.2, 0) is 11.3 Å². The summed E-state index contributed by atoms with van der Waals surface area (Å²) in [4.78, 5) is 0. The number of ether oxygens (including phenoxy) is 1. The lowest BCUT2D eigenvalue weighted by molar-refractivity contribution is 0.0662. The van der Waals surface area contributed by atoms with E-state index in [1.54, 1.807) is 6.20 Å². The number of nitrogens with zero attached hydrogens (tertiary/aromatic N) is 1. The fourth-order valence-electron chi connectivity index (χ4n) is 2.59. The normalized spacial score (nSPS) is 16.4. The Morgan fingerprint density at radius 2 is 1.95 bits per heavy atom. The van der Waals surface area contributed by atoms with Gasteiger partial charge in [0.15, 0.2) is 0 Å². The lowest BCUT2D eigenvalue weighted by Gasteiger charge is -2.22. The van der Waals surface area contributed by atoms with Crippen LogP contribution < -0.4 is 5.32 Å². The number of aromatic amines is 1. The van der Waals surface area contributed by atoms with Crippen molar-refractivity contribution >= 4 is 0 Å². The SMILES string of the molecule is c1cc(-c2ccc(CNCC3CCOCC3)cc2)[nH]n1. The van der Waals surface area contributed by atoms with E-state index in [4.69, 9.17) is 4.74 Å². The van der Waals surface area contributed by atoms with Gasteiger partial charge < -0.3 is 10.1 Å². The van der Waals surface area contributed by atoms with Crippen molar-refractivity contribution in [3.8, 4) is 11.3 Å². The van der Waals surface area contributed by atoms with Crippen LogP contribution in [0.1, 0.15) is 18.4 Å². The second-order valence-corrected chi connectivity index (χ2v) is 5.35. The van der Waals surface area contributed by atoms with Crippen molar-refractivity contribution in [1.29, 1.82) is 0 Å². The fourth-order valence-corrected chi connectivity index (χ4v) is 2.59. The van der Waals surface area contributed by atoms with Gasteiger partial charge in [0.25, 0.3) is 0 Å². The first-order valence-electron chi connectivity index (χ1n) is 7.29. The number of hydrogen-bond donors (Lipinski definition) is 2. The number of nitrogens with one attached hydrogen (secondary N) is 2. The Kier molecular flexibility index (Phi) is 4.46. The van der Waals surface area contributed by atoms with E-state index in [-0.39, 0.29) is 0 Å². The highest BCUT2D eigenvalue weighted by molar-refractivity contribution is 5.58. The van der Waals surface area contributed by atoms with Gasteiger partial charge in [-0.25, -0.2) is 0 Å². The number of hydrogen-bond acceptors (Lipinski definition) is 3. The van der Waals surface area contributed by atoms with Crippen LogP contribution in [0.2, 0.25) is 0 Å². The van der Waals surface area contributed by atoms with Gasteiger partial charge >= 0.3 is 0 Å². The van der Waals surface area contributed by atoms with Crippen LogP contribution in [0.15, 0.2) is 36.5 Å². The van der Waals surface area contributed by atoms with E-state index in [9.17, 15) is 0 Å². The molecule has 1 saturated heterocycles. The van der Waals surface area contributed by atoms with E-state index in [2.05, 4.69) is 39.8 Å². The van der Waals surface area contributed by atoms with E-state index in [0.717, 1.165) is 37.9 Å². The van der Waals surface area contributed by atoms with Crippen LogP contribution in [0.5, 0.6) is 0 Å². The lowest BCUT2D eigenvalue weighted by atomic mass is 10.0. The van der Waals surface area contributed by atoms with Gasteiger partial charge in [-0.15, -0.1) is 0 Å². The summed E-state index contributed by atoms with van der Waals surface area (Å²) in [5, 5.41) is 10.5. The molecule has 4 nitrogen and oxygen atoms in total. The monoisotopic (exact) mass is 271 g/mol. The molecule has 0 amide bonds. The van der Waals surface area contributed by atoms with E-state index in [1.807, 2.05) is 6.07 Å². The molecule has 0 unspecified atom stereocenters. The van der Waals surface area contributed by atoms with Crippen LogP contribution in [0, 0.1) is 5.92 Å². The van der Waals surface area contributed by atoms with Gasteiger partial charge in [-0.1, -0.05) is 24.3 Å². The third kappa shape index (κ3) is 3.46. The van der Waals surface area contributed by atoms with Gasteiger partial charge in [-0.05, 0) is 42.5 Å². The molecule has 4 heteroatoms. The molecule has 1 aromatic carbocycles. The topological polar surface area (TPSA) is 49.9 Å². The first kappa shape index (κ1) is 13.3. The third-order valence-corrected chi connectivity index (χ3v) is 3.87. The van der Waals surface area contributed by atoms with Gasteiger partial charge in [0, 0.05) is 26.0 Å². The Morgan fingerprint density at radius 1 is 1.15 bits per heavy atom.